The summed E-state index contributed by atoms with van der Waals surface area (Å²) < 4.78 is 0. The van der Waals surface area contributed by atoms with E-state index in [2.05, 4.69) is 5.32 Å². The molecule has 0 rings (SSSR count). The van der Waals surface area contributed by atoms with Gasteiger partial charge in [-0.3, -0.25) is 4.79 Å². The van der Waals surface area contributed by atoms with Gasteiger partial charge in [-0.2, -0.15) is 0 Å². The van der Waals surface area contributed by atoms with Crippen molar-refractivity contribution in [3.05, 3.63) is 0 Å². The lowest BCUT2D eigenvalue weighted by molar-refractivity contribution is -0.142. The fraction of sp³-hybridized carbons (Fsp3) is 0.818. The summed E-state index contributed by atoms with van der Waals surface area (Å²) in [5.74, 6) is -1.32. The summed E-state index contributed by atoms with van der Waals surface area (Å²) in [4.78, 5) is 22.2. The van der Waals surface area contributed by atoms with Crippen molar-refractivity contribution in [3.8, 4) is 0 Å². The fourth-order valence-electron chi connectivity index (χ4n) is 1.10. The number of carboxylic acids is 1. The van der Waals surface area contributed by atoms with Gasteiger partial charge < -0.3 is 16.2 Å². The number of carboxylic acid groups (broad SMARTS) is 1. The molecule has 0 fully saturated rings. The van der Waals surface area contributed by atoms with E-state index >= 15 is 0 Å². The molecule has 0 aromatic rings. The van der Waals surface area contributed by atoms with Gasteiger partial charge >= 0.3 is 5.97 Å². The first-order valence-corrected chi connectivity index (χ1v) is 5.46. The van der Waals surface area contributed by atoms with E-state index < -0.39 is 12.0 Å². The van der Waals surface area contributed by atoms with Gasteiger partial charge in [0, 0.05) is 12.5 Å². The highest BCUT2D eigenvalue weighted by Gasteiger charge is 2.25. The van der Waals surface area contributed by atoms with E-state index in [9.17, 15) is 9.59 Å². The van der Waals surface area contributed by atoms with Crippen molar-refractivity contribution >= 4 is 11.9 Å². The van der Waals surface area contributed by atoms with E-state index in [1.807, 2.05) is 20.8 Å². The molecule has 0 spiro atoms. The molecule has 5 nitrogen and oxygen atoms in total. The van der Waals surface area contributed by atoms with E-state index in [1.165, 1.54) is 0 Å². The number of nitrogens with two attached hydrogens (primary N) is 1. The van der Waals surface area contributed by atoms with Crippen LogP contribution >= 0.6 is 0 Å². The Kier molecular flexibility index (Phi) is 5.44. The second kappa shape index (κ2) is 5.84. The predicted molar refractivity (Wildman–Crippen MR) is 61.9 cm³/mol. The van der Waals surface area contributed by atoms with Crippen LogP contribution in [0.25, 0.3) is 0 Å². The number of amides is 1. The highest BCUT2D eigenvalue weighted by molar-refractivity contribution is 5.83. The molecular formula is C11H22N2O3. The second-order valence-corrected chi connectivity index (χ2v) is 5.04. The molecule has 1 amide bonds. The van der Waals surface area contributed by atoms with E-state index in [0.29, 0.717) is 6.42 Å². The molecule has 5 heteroatoms. The molecule has 0 aliphatic carbocycles. The maximum atomic E-state index is 11.5. The van der Waals surface area contributed by atoms with E-state index in [4.69, 9.17) is 10.8 Å². The Morgan fingerprint density at radius 1 is 1.38 bits per heavy atom. The van der Waals surface area contributed by atoms with Crippen LogP contribution in [0.4, 0.5) is 0 Å². The average molecular weight is 230 g/mol. The highest BCUT2D eigenvalue weighted by Crippen LogP contribution is 2.19. The van der Waals surface area contributed by atoms with Crippen LogP contribution in [-0.4, -0.2) is 29.1 Å². The standard InChI is InChI=1S/C11H22N2O3/c1-5-7(10(15)16)13-9(14)6-8(12)11(2,3)4/h7-8H,5-6,12H2,1-4H3,(H,13,14)(H,15,16). The quantitative estimate of drug-likeness (QED) is 0.649. The number of aliphatic carboxylic acids is 1. The maximum absolute atomic E-state index is 11.5. The highest BCUT2D eigenvalue weighted by atomic mass is 16.4. The summed E-state index contributed by atoms with van der Waals surface area (Å²) in [6, 6.07) is -1.10. The molecule has 0 heterocycles. The predicted octanol–water partition coefficient (Wildman–Crippen LogP) is 0.729. The Morgan fingerprint density at radius 2 is 1.88 bits per heavy atom. The van der Waals surface area contributed by atoms with Crippen molar-refractivity contribution in [3.63, 3.8) is 0 Å². The Labute approximate surface area is 96.4 Å². The van der Waals surface area contributed by atoms with Crippen LogP contribution in [-0.2, 0) is 9.59 Å². The molecule has 2 unspecified atom stereocenters. The number of hydrogen-bond donors (Lipinski definition) is 3. The summed E-state index contributed by atoms with van der Waals surface area (Å²) in [6.45, 7) is 7.54. The summed E-state index contributed by atoms with van der Waals surface area (Å²) in [5, 5.41) is 11.2. The van der Waals surface area contributed by atoms with Gasteiger partial charge in [-0.15, -0.1) is 0 Å². The van der Waals surface area contributed by atoms with Crippen molar-refractivity contribution in [2.24, 2.45) is 11.1 Å². The normalized spacial score (nSPS) is 15.3. The summed E-state index contributed by atoms with van der Waals surface area (Å²) in [6.07, 6.45) is 0.513. The number of carbonyl (C=O) groups excluding carboxylic acids is 1. The number of rotatable bonds is 5. The van der Waals surface area contributed by atoms with E-state index in [-0.39, 0.29) is 23.8 Å². The molecule has 0 aromatic heterocycles. The first-order chi connectivity index (χ1) is 7.18. The summed E-state index contributed by atoms with van der Waals surface area (Å²) in [5.41, 5.74) is 5.67. The lowest BCUT2D eigenvalue weighted by Crippen LogP contribution is -2.45. The van der Waals surface area contributed by atoms with Crippen LogP contribution < -0.4 is 11.1 Å². The third-order valence-electron chi connectivity index (χ3n) is 2.56. The third kappa shape index (κ3) is 5.11. The number of hydrogen-bond acceptors (Lipinski definition) is 3. The second-order valence-electron chi connectivity index (χ2n) is 5.04. The Balaban J connectivity index is 4.23. The van der Waals surface area contributed by atoms with Gasteiger partial charge in [0.25, 0.3) is 0 Å². The zero-order valence-electron chi connectivity index (χ0n) is 10.4. The van der Waals surface area contributed by atoms with Gasteiger partial charge in [0.1, 0.15) is 6.04 Å². The van der Waals surface area contributed by atoms with Crippen molar-refractivity contribution in [1.82, 2.24) is 5.32 Å². The van der Waals surface area contributed by atoms with Gasteiger partial charge in [-0.05, 0) is 11.8 Å². The van der Waals surface area contributed by atoms with Gasteiger partial charge in [0.2, 0.25) is 5.91 Å². The first kappa shape index (κ1) is 14.9. The monoisotopic (exact) mass is 230 g/mol. The molecule has 94 valence electrons. The molecule has 0 saturated heterocycles. The largest absolute Gasteiger partial charge is 0.480 e. The molecule has 0 bridgehead atoms. The van der Waals surface area contributed by atoms with E-state index in [1.54, 1.807) is 6.92 Å². The van der Waals surface area contributed by atoms with Crippen molar-refractivity contribution in [1.29, 1.82) is 0 Å². The lowest BCUT2D eigenvalue weighted by Gasteiger charge is -2.26. The molecule has 16 heavy (non-hydrogen) atoms. The fourth-order valence-corrected chi connectivity index (χ4v) is 1.10. The minimum atomic E-state index is -1.01. The lowest BCUT2D eigenvalue weighted by atomic mass is 9.85. The number of carbonyl (C=O) groups is 2. The zero-order valence-corrected chi connectivity index (χ0v) is 10.4. The molecule has 4 N–H and O–H groups in total. The van der Waals surface area contributed by atoms with Crippen molar-refractivity contribution in [2.75, 3.05) is 0 Å². The Morgan fingerprint density at radius 3 is 2.19 bits per heavy atom. The molecule has 0 radical (unpaired) electrons. The van der Waals surface area contributed by atoms with Gasteiger partial charge in [0.15, 0.2) is 0 Å². The molecule has 2 atom stereocenters. The van der Waals surface area contributed by atoms with Crippen molar-refractivity contribution in [2.45, 2.75) is 52.6 Å². The molecule has 0 aromatic carbocycles. The van der Waals surface area contributed by atoms with Gasteiger partial charge in [0.05, 0.1) is 0 Å². The molecular weight excluding hydrogens is 208 g/mol. The molecule has 0 aliphatic heterocycles. The van der Waals surface area contributed by atoms with Crippen LogP contribution in [0.3, 0.4) is 0 Å². The van der Waals surface area contributed by atoms with E-state index in [0.717, 1.165) is 0 Å². The van der Waals surface area contributed by atoms with Gasteiger partial charge in [-0.25, -0.2) is 4.79 Å². The maximum Gasteiger partial charge on any atom is 0.326 e. The smallest absolute Gasteiger partial charge is 0.326 e. The Hall–Kier alpha value is -1.10. The zero-order chi connectivity index (χ0) is 12.9. The minimum Gasteiger partial charge on any atom is -0.480 e. The first-order valence-electron chi connectivity index (χ1n) is 5.46. The third-order valence-corrected chi connectivity index (χ3v) is 2.56. The van der Waals surface area contributed by atoms with Crippen LogP contribution in [0.5, 0.6) is 0 Å². The topological polar surface area (TPSA) is 92.4 Å². The van der Waals surface area contributed by atoms with Crippen LogP contribution in [0.15, 0.2) is 0 Å². The summed E-state index contributed by atoms with van der Waals surface area (Å²) >= 11 is 0. The van der Waals surface area contributed by atoms with Crippen molar-refractivity contribution < 1.29 is 14.7 Å². The summed E-state index contributed by atoms with van der Waals surface area (Å²) in [7, 11) is 0. The van der Waals surface area contributed by atoms with Crippen LogP contribution in [0.1, 0.15) is 40.5 Å². The molecule has 0 aliphatic rings. The number of nitrogens with one attached hydrogen (secondary N) is 1. The SMILES string of the molecule is CCC(NC(=O)CC(N)C(C)(C)C)C(=O)O. The van der Waals surface area contributed by atoms with Crippen LogP contribution in [0, 0.1) is 5.41 Å². The average Bonchev–Trinajstić information content (AvgIpc) is 2.11. The Bertz CT molecular complexity index is 258. The minimum absolute atomic E-state index is 0.146. The molecule has 0 saturated carbocycles. The van der Waals surface area contributed by atoms with Crippen LogP contribution in [0.2, 0.25) is 0 Å². The van der Waals surface area contributed by atoms with Gasteiger partial charge in [-0.1, -0.05) is 27.7 Å².